The van der Waals surface area contributed by atoms with Crippen molar-refractivity contribution in [3.63, 3.8) is 0 Å². The molecule has 0 radical (unpaired) electrons. The number of hydrogen-bond donors (Lipinski definition) is 2. The van der Waals surface area contributed by atoms with Crippen molar-refractivity contribution >= 4 is 21.6 Å². The second-order valence-corrected chi connectivity index (χ2v) is 4.35. The summed E-state index contributed by atoms with van der Waals surface area (Å²) >= 11 is 3.45. The van der Waals surface area contributed by atoms with Crippen LogP contribution in [0.15, 0.2) is 16.6 Å². The average Bonchev–Trinajstić information content (AvgIpc) is 2.13. The van der Waals surface area contributed by atoms with E-state index in [9.17, 15) is 0 Å². The molecular weight excluding hydrogens is 240 g/mol. The molecule has 78 valence electrons. The van der Waals surface area contributed by atoms with Crippen LogP contribution in [0.3, 0.4) is 0 Å². The Balaban J connectivity index is 2.75. The van der Waals surface area contributed by atoms with Crippen molar-refractivity contribution in [2.45, 2.75) is 26.8 Å². The zero-order valence-electron chi connectivity index (χ0n) is 8.73. The van der Waals surface area contributed by atoms with E-state index in [-0.39, 0.29) is 0 Å². The third kappa shape index (κ3) is 3.00. The van der Waals surface area contributed by atoms with Gasteiger partial charge in [0.2, 0.25) is 0 Å². The minimum absolute atomic E-state index is 0.846. The number of halogens is 1. The molecule has 0 fully saturated rings. The van der Waals surface area contributed by atoms with E-state index in [1.807, 2.05) is 6.07 Å². The smallest absolute Gasteiger partial charge is 0.0504 e. The maximum atomic E-state index is 5.95. The second kappa shape index (κ2) is 5.37. The summed E-state index contributed by atoms with van der Waals surface area (Å²) in [7, 11) is 0. The largest absolute Gasteiger partial charge is 0.398 e. The van der Waals surface area contributed by atoms with E-state index in [0.717, 1.165) is 29.7 Å². The molecule has 0 bridgehead atoms. The van der Waals surface area contributed by atoms with Gasteiger partial charge in [-0.05, 0) is 53.0 Å². The van der Waals surface area contributed by atoms with Gasteiger partial charge in [0.25, 0.3) is 0 Å². The van der Waals surface area contributed by atoms with Gasteiger partial charge in [0.15, 0.2) is 0 Å². The highest BCUT2D eigenvalue weighted by Crippen LogP contribution is 2.25. The minimum atomic E-state index is 0.846. The number of rotatable bonds is 4. The normalized spacial score (nSPS) is 10.5. The summed E-state index contributed by atoms with van der Waals surface area (Å²) in [6.07, 6.45) is 1.15. The van der Waals surface area contributed by atoms with Crippen LogP contribution in [0, 0.1) is 6.92 Å². The number of nitrogen functional groups attached to an aromatic ring is 1. The highest BCUT2D eigenvalue weighted by molar-refractivity contribution is 9.10. The molecule has 0 aliphatic heterocycles. The maximum absolute atomic E-state index is 5.95. The SMILES string of the molecule is CCCNCc1cc(C)cc(Br)c1N. The lowest BCUT2D eigenvalue weighted by molar-refractivity contribution is 0.676. The van der Waals surface area contributed by atoms with E-state index < -0.39 is 0 Å². The van der Waals surface area contributed by atoms with E-state index in [4.69, 9.17) is 5.73 Å². The van der Waals surface area contributed by atoms with Crippen LogP contribution in [-0.2, 0) is 6.54 Å². The molecule has 1 aromatic rings. The van der Waals surface area contributed by atoms with E-state index >= 15 is 0 Å². The van der Waals surface area contributed by atoms with Gasteiger partial charge in [-0.2, -0.15) is 0 Å². The predicted octanol–water partition coefficient (Wildman–Crippen LogP) is 2.84. The summed E-state index contributed by atoms with van der Waals surface area (Å²) < 4.78 is 0.991. The van der Waals surface area contributed by atoms with Gasteiger partial charge in [0, 0.05) is 11.0 Å². The Bertz CT molecular complexity index is 310. The number of nitrogens with two attached hydrogens (primary N) is 1. The van der Waals surface area contributed by atoms with Gasteiger partial charge >= 0.3 is 0 Å². The lowest BCUT2D eigenvalue weighted by atomic mass is 10.1. The summed E-state index contributed by atoms with van der Waals surface area (Å²) in [6.45, 7) is 6.11. The number of aryl methyl sites for hydroxylation is 1. The first-order valence-electron chi connectivity index (χ1n) is 4.90. The van der Waals surface area contributed by atoms with E-state index in [1.54, 1.807) is 0 Å². The molecule has 0 heterocycles. The highest BCUT2D eigenvalue weighted by atomic mass is 79.9. The van der Waals surface area contributed by atoms with Gasteiger partial charge in [-0.1, -0.05) is 13.0 Å². The van der Waals surface area contributed by atoms with Crippen LogP contribution in [0.4, 0.5) is 5.69 Å². The molecule has 0 atom stereocenters. The minimum Gasteiger partial charge on any atom is -0.398 e. The summed E-state index contributed by atoms with van der Waals surface area (Å²) in [5.41, 5.74) is 9.20. The van der Waals surface area contributed by atoms with Gasteiger partial charge in [-0.25, -0.2) is 0 Å². The van der Waals surface area contributed by atoms with Crippen LogP contribution in [0.1, 0.15) is 24.5 Å². The Morgan fingerprint density at radius 1 is 1.43 bits per heavy atom. The van der Waals surface area contributed by atoms with Crippen LogP contribution in [0.25, 0.3) is 0 Å². The Morgan fingerprint density at radius 3 is 2.79 bits per heavy atom. The number of anilines is 1. The molecule has 0 spiro atoms. The predicted molar refractivity (Wildman–Crippen MR) is 65.3 cm³/mol. The zero-order valence-corrected chi connectivity index (χ0v) is 10.3. The molecule has 0 saturated carbocycles. The molecule has 0 aromatic heterocycles. The highest BCUT2D eigenvalue weighted by Gasteiger charge is 2.03. The first-order valence-corrected chi connectivity index (χ1v) is 5.69. The van der Waals surface area contributed by atoms with Crippen LogP contribution < -0.4 is 11.1 Å². The monoisotopic (exact) mass is 256 g/mol. The zero-order chi connectivity index (χ0) is 10.6. The summed E-state index contributed by atoms with van der Waals surface area (Å²) in [5.74, 6) is 0. The molecule has 14 heavy (non-hydrogen) atoms. The molecule has 0 aliphatic carbocycles. The number of nitrogens with one attached hydrogen (secondary N) is 1. The number of hydrogen-bond acceptors (Lipinski definition) is 2. The summed E-state index contributed by atoms with van der Waals surface area (Å²) in [5, 5.41) is 3.35. The topological polar surface area (TPSA) is 38.0 Å². The van der Waals surface area contributed by atoms with Crippen molar-refractivity contribution in [3.8, 4) is 0 Å². The Kier molecular flexibility index (Phi) is 4.42. The van der Waals surface area contributed by atoms with Crippen LogP contribution in [0.2, 0.25) is 0 Å². The molecule has 0 amide bonds. The van der Waals surface area contributed by atoms with Crippen molar-refractivity contribution in [1.29, 1.82) is 0 Å². The Labute approximate surface area is 94.0 Å². The van der Waals surface area contributed by atoms with Gasteiger partial charge in [0.1, 0.15) is 0 Å². The fourth-order valence-corrected chi connectivity index (χ4v) is 1.99. The Hall–Kier alpha value is -0.540. The van der Waals surface area contributed by atoms with Crippen molar-refractivity contribution in [3.05, 3.63) is 27.7 Å². The lowest BCUT2D eigenvalue weighted by Crippen LogP contribution is -2.15. The van der Waals surface area contributed by atoms with E-state index in [1.165, 1.54) is 11.1 Å². The second-order valence-electron chi connectivity index (χ2n) is 3.50. The fraction of sp³-hybridized carbons (Fsp3) is 0.455. The average molecular weight is 257 g/mol. The standard InChI is InChI=1S/C11H17BrN2/c1-3-4-14-7-9-5-8(2)6-10(12)11(9)13/h5-6,14H,3-4,7,13H2,1-2H3. The molecule has 0 unspecified atom stereocenters. The van der Waals surface area contributed by atoms with Crippen molar-refractivity contribution in [2.24, 2.45) is 0 Å². The van der Waals surface area contributed by atoms with Crippen LogP contribution >= 0.6 is 15.9 Å². The molecule has 0 aliphatic rings. The molecule has 2 nitrogen and oxygen atoms in total. The van der Waals surface area contributed by atoms with E-state index in [2.05, 4.69) is 41.2 Å². The van der Waals surface area contributed by atoms with Crippen LogP contribution in [0.5, 0.6) is 0 Å². The molecule has 1 rings (SSSR count). The van der Waals surface area contributed by atoms with Crippen molar-refractivity contribution in [1.82, 2.24) is 5.32 Å². The third-order valence-corrected chi connectivity index (χ3v) is 2.76. The molecule has 0 saturated heterocycles. The van der Waals surface area contributed by atoms with Crippen molar-refractivity contribution < 1.29 is 0 Å². The van der Waals surface area contributed by atoms with Gasteiger partial charge in [-0.15, -0.1) is 0 Å². The molecule has 3 N–H and O–H groups in total. The van der Waals surface area contributed by atoms with Gasteiger partial charge in [-0.3, -0.25) is 0 Å². The van der Waals surface area contributed by atoms with Crippen molar-refractivity contribution in [2.75, 3.05) is 12.3 Å². The third-order valence-electron chi connectivity index (χ3n) is 2.10. The maximum Gasteiger partial charge on any atom is 0.0504 e. The quantitative estimate of drug-likeness (QED) is 0.643. The lowest BCUT2D eigenvalue weighted by Gasteiger charge is -2.09. The molecule has 1 aromatic carbocycles. The first-order chi connectivity index (χ1) is 6.65. The Morgan fingerprint density at radius 2 is 2.14 bits per heavy atom. The van der Waals surface area contributed by atoms with Gasteiger partial charge < -0.3 is 11.1 Å². The summed E-state index contributed by atoms with van der Waals surface area (Å²) in [4.78, 5) is 0. The first kappa shape index (κ1) is 11.5. The fourth-order valence-electron chi connectivity index (χ4n) is 1.37. The van der Waals surface area contributed by atoms with Crippen LogP contribution in [-0.4, -0.2) is 6.54 Å². The molecular formula is C11H17BrN2. The van der Waals surface area contributed by atoms with E-state index in [0.29, 0.717) is 0 Å². The summed E-state index contributed by atoms with van der Waals surface area (Å²) in [6, 6.07) is 4.17. The number of benzene rings is 1. The molecule has 3 heteroatoms. The van der Waals surface area contributed by atoms with Gasteiger partial charge in [0.05, 0.1) is 5.69 Å².